The van der Waals surface area contributed by atoms with E-state index in [2.05, 4.69) is 16.5 Å². The Balaban J connectivity index is 1.46. The molecule has 6 heteroatoms. The Kier molecular flexibility index (Phi) is 4.34. The van der Waals surface area contributed by atoms with Gasteiger partial charge in [-0.2, -0.15) is 0 Å². The van der Waals surface area contributed by atoms with Gasteiger partial charge in [0.05, 0.1) is 6.04 Å². The molecule has 25 heavy (non-hydrogen) atoms. The van der Waals surface area contributed by atoms with Gasteiger partial charge in [-0.1, -0.05) is 19.1 Å². The average molecular weight is 341 g/mol. The summed E-state index contributed by atoms with van der Waals surface area (Å²) in [7, 11) is 0. The summed E-state index contributed by atoms with van der Waals surface area (Å²) < 4.78 is 13.8. The van der Waals surface area contributed by atoms with Gasteiger partial charge >= 0.3 is 0 Å². The van der Waals surface area contributed by atoms with Crippen LogP contribution in [0.4, 0.5) is 0 Å². The minimum atomic E-state index is -0.568. The SMILES string of the molecule is CCc1nccn1[C@@H]1CCCN(C(=O)[C@@H]2COc3ccccc3O2)C1. The van der Waals surface area contributed by atoms with Crippen LogP contribution >= 0.6 is 0 Å². The molecule has 2 aliphatic rings. The third kappa shape index (κ3) is 3.08. The van der Waals surface area contributed by atoms with E-state index in [4.69, 9.17) is 9.47 Å². The maximum Gasteiger partial charge on any atom is 0.267 e. The van der Waals surface area contributed by atoms with Crippen molar-refractivity contribution in [1.29, 1.82) is 0 Å². The quantitative estimate of drug-likeness (QED) is 0.860. The van der Waals surface area contributed by atoms with E-state index in [1.807, 2.05) is 41.6 Å². The van der Waals surface area contributed by atoms with Crippen molar-refractivity contribution in [2.24, 2.45) is 0 Å². The number of amides is 1. The lowest BCUT2D eigenvalue weighted by molar-refractivity contribution is -0.142. The predicted octanol–water partition coefficient (Wildman–Crippen LogP) is 2.45. The van der Waals surface area contributed by atoms with Crippen LogP contribution in [0.2, 0.25) is 0 Å². The second kappa shape index (κ2) is 6.78. The van der Waals surface area contributed by atoms with E-state index in [1.165, 1.54) is 0 Å². The van der Waals surface area contributed by atoms with E-state index >= 15 is 0 Å². The molecule has 6 nitrogen and oxygen atoms in total. The van der Waals surface area contributed by atoms with E-state index in [0.29, 0.717) is 18.0 Å². The van der Waals surface area contributed by atoms with Crippen molar-refractivity contribution in [1.82, 2.24) is 14.5 Å². The van der Waals surface area contributed by atoms with Gasteiger partial charge in [-0.15, -0.1) is 0 Å². The van der Waals surface area contributed by atoms with Crippen LogP contribution in [0.1, 0.15) is 31.6 Å². The molecule has 2 aliphatic heterocycles. The lowest BCUT2D eigenvalue weighted by atomic mass is 10.0. The fourth-order valence-corrected chi connectivity index (χ4v) is 3.68. The van der Waals surface area contributed by atoms with E-state index in [0.717, 1.165) is 31.6 Å². The highest BCUT2D eigenvalue weighted by Crippen LogP contribution is 2.32. The molecule has 4 rings (SSSR count). The first kappa shape index (κ1) is 16.0. The topological polar surface area (TPSA) is 56.6 Å². The molecule has 0 spiro atoms. The number of aromatic nitrogens is 2. The van der Waals surface area contributed by atoms with Gasteiger partial charge in [0.15, 0.2) is 11.5 Å². The van der Waals surface area contributed by atoms with Crippen LogP contribution in [0, 0.1) is 0 Å². The summed E-state index contributed by atoms with van der Waals surface area (Å²) in [6.07, 6.45) is 6.25. The highest BCUT2D eigenvalue weighted by Gasteiger charge is 2.34. The number of aryl methyl sites for hydroxylation is 1. The summed E-state index contributed by atoms with van der Waals surface area (Å²) in [5, 5.41) is 0. The van der Waals surface area contributed by atoms with Crippen molar-refractivity contribution >= 4 is 5.91 Å². The van der Waals surface area contributed by atoms with Gasteiger partial charge in [-0.25, -0.2) is 4.98 Å². The number of hydrogen-bond donors (Lipinski definition) is 0. The van der Waals surface area contributed by atoms with Crippen LogP contribution in [-0.2, 0) is 11.2 Å². The molecular formula is C19H23N3O3. The molecule has 0 bridgehead atoms. The lowest BCUT2D eigenvalue weighted by Gasteiger charge is -2.36. The van der Waals surface area contributed by atoms with Crippen LogP contribution < -0.4 is 9.47 Å². The van der Waals surface area contributed by atoms with Crippen LogP contribution in [0.5, 0.6) is 11.5 Å². The fourth-order valence-electron chi connectivity index (χ4n) is 3.68. The standard InChI is InChI=1S/C19H23N3O3/c1-2-18-20-9-11-22(18)14-6-5-10-21(12-14)19(23)17-13-24-15-7-3-4-8-16(15)25-17/h3-4,7-9,11,14,17H,2,5-6,10,12-13H2,1H3/t14-,17+/m1/s1. The van der Waals surface area contributed by atoms with Crippen molar-refractivity contribution in [3.63, 3.8) is 0 Å². The first-order valence-electron chi connectivity index (χ1n) is 8.95. The minimum Gasteiger partial charge on any atom is -0.485 e. The minimum absolute atomic E-state index is 0.0115. The summed E-state index contributed by atoms with van der Waals surface area (Å²) >= 11 is 0. The predicted molar refractivity (Wildman–Crippen MR) is 92.8 cm³/mol. The van der Waals surface area contributed by atoms with Crippen molar-refractivity contribution in [2.75, 3.05) is 19.7 Å². The first-order valence-corrected chi connectivity index (χ1v) is 8.95. The van der Waals surface area contributed by atoms with Gasteiger partial charge < -0.3 is 18.9 Å². The number of ether oxygens (including phenoxy) is 2. The Morgan fingerprint density at radius 2 is 2.16 bits per heavy atom. The summed E-state index contributed by atoms with van der Waals surface area (Å²) in [5.74, 6) is 2.43. The van der Waals surface area contributed by atoms with Gasteiger partial charge in [-0.05, 0) is 25.0 Å². The Hall–Kier alpha value is -2.50. The zero-order valence-corrected chi connectivity index (χ0v) is 14.4. The molecule has 1 aromatic carbocycles. The largest absolute Gasteiger partial charge is 0.485 e. The third-order valence-corrected chi connectivity index (χ3v) is 4.95. The molecule has 1 aromatic heterocycles. The third-order valence-electron chi connectivity index (χ3n) is 4.95. The molecule has 1 amide bonds. The summed E-state index contributed by atoms with van der Waals surface area (Å²) in [6, 6.07) is 7.77. The monoisotopic (exact) mass is 341 g/mol. The van der Waals surface area contributed by atoms with Gasteiger partial charge in [0, 0.05) is 31.9 Å². The number of carbonyl (C=O) groups is 1. The van der Waals surface area contributed by atoms with E-state index in [-0.39, 0.29) is 18.6 Å². The normalized spacial score (nSPS) is 22.7. The molecule has 0 N–H and O–H groups in total. The number of nitrogens with zero attached hydrogens (tertiary/aromatic N) is 3. The molecule has 0 unspecified atom stereocenters. The fraction of sp³-hybridized carbons (Fsp3) is 0.474. The molecule has 1 saturated heterocycles. The summed E-state index contributed by atoms with van der Waals surface area (Å²) in [6.45, 7) is 3.84. The number of para-hydroxylation sites is 2. The van der Waals surface area contributed by atoms with Crippen LogP contribution in [0.25, 0.3) is 0 Å². The number of rotatable bonds is 3. The number of benzene rings is 1. The molecule has 1 fully saturated rings. The van der Waals surface area contributed by atoms with Crippen molar-refractivity contribution < 1.29 is 14.3 Å². The van der Waals surface area contributed by atoms with Gasteiger partial charge in [0.2, 0.25) is 6.10 Å². The number of carbonyl (C=O) groups excluding carboxylic acids is 1. The molecule has 0 radical (unpaired) electrons. The number of likely N-dealkylation sites (tertiary alicyclic amines) is 1. The van der Waals surface area contributed by atoms with Gasteiger partial charge in [0.1, 0.15) is 12.4 Å². The molecule has 2 aromatic rings. The van der Waals surface area contributed by atoms with Crippen molar-refractivity contribution in [3.8, 4) is 11.5 Å². The summed E-state index contributed by atoms with van der Waals surface area (Å²) in [4.78, 5) is 19.3. The van der Waals surface area contributed by atoms with Crippen molar-refractivity contribution in [3.05, 3.63) is 42.5 Å². The highest BCUT2D eigenvalue weighted by atomic mass is 16.6. The maximum absolute atomic E-state index is 12.9. The zero-order valence-electron chi connectivity index (χ0n) is 14.4. The number of piperidine rings is 1. The van der Waals surface area contributed by atoms with Gasteiger partial charge in [0.25, 0.3) is 5.91 Å². The summed E-state index contributed by atoms with van der Waals surface area (Å²) in [5.41, 5.74) is 0. The van der Waals surface area contributed by atoms with E-state index < -0.39 is 6.10 Å². The Bertz CT molecular complexity index is 758. The average Bonchev–Trinajstić information content (AvgIpc) is 3.16. The first-order chi connectivity index (χ1) is 12.3. The number of imidazole rings is 1. The second-order valence-corrected chi connectivity index (χ2v) is 6.55. The number of fused-ring (bicyclic) bond motifs is 1. The molecule has 3 heterocycles. The van der Waals surface area contributed by atoms with Gasteiger partial charge in [-0.3, -0.25) is 4.79 Å². The molecule has 0 saturated carbocycles. The smallest absolute Gasteiger partial charge is 0.267 e. The van der Waals surface area contributed by atoms with E-state index in [9.17, 15) is 4.79 Å². The Morgan fingerprint density at radius 3 is 3.00 bits per heavy atom. The lowest BCUT2D eigenvalue weighted by Crippen LogP contribution is -2.50. The van der Waals surface area contributed by atoms with E-state index in [1.54, 1.807) is 0 Å². The van der Waals surface area contributed by atoms with Crippen LogP contribution in [-0.4, -0.2) is 46.2 Å². The maximum atomic E-state index is 12.9. The number of hydrogen-bond acceptors (Lipinski definition) is 4. The van der Waals surface area contributed by atoms with Crippen LogP contribution in [0.3, 0.4) is 0 Å². The zero-order chi connectivity index (χ0) is 17.2. The second-order valence-electron chi connectivity index (χ2n) is 6.55. The van der Waals surface area contributed by atoms with Crippen molar-refractivity contribution in [2.45, 2.75) is 38.3 Å². The molecule has 2 atom stereocenters. The molecular weight excluding hydrogens is 318 g/mol. The van der Waals surface area contributed by atoms with Crippen LogP contribution in [0.15, 0.2) is 36.7 Å². The highest BCUT2D eigenvalue weighted by molar-refractivity contribution is 5.82. The molecule has 132 valence electrons. The Morgan fingerprint density at radius 1 is 1.32 bits per heavy atom. The Labute approximate surface area is 147 Å². The molecule has 0 aliphatic carbocycles.